The van der Waals surface area contributed by atoms with E-state index < -0.39 is 0 Å². The second-order valence-electron chi connectivity index (χ2n) is 6.66. The van der Waals surface area contributed by atoms with E-state index in [1.165, 1.54) is 0 Å². The Labute approximate surface area is 137 Å². The van der Waals surface area contributed by atoms with Crippen molar-refractivity contribution < 1.29 is 18.8 Å². The molecular formula is C16H23BO4S. The van der Waals surface area contributed by atoms with E-state index in [9.17, 15) is 0 Å². The maximum atomic E-state index is 6.16. The molecule has 0 saturated carbocycles. The summed E-state index contributed by atoms with van der Waals surface area (Å²) in [5, 5.41) is 0. The third-order valence-corrected chi connectivity index (χ3v) is 5.45. The third-order valence-electron chi connectivity index (χ3n) is 4.66. The highest BCUT2D eigenvalue weighted by atomic mass is 32.2. The molecule has 0 spiro atoms. The molecule has 2 aliphatic rings. The predicted molar refractivity (Wildman–Crippen MR) is 88.6 cm³/mol. The first-order valence-corrected chi connectivity index (χ1v) is 8.83. The molecule has 4 nitrogen and oxygen atoms in total. The van der Waals surface area contributed by atoms with Gasteiger partial charge in [0.05, 0.1) is 24.4 Å². The molecule has 0 amide bonds. The summed E-state index contributed by atoms with van der Waals surface area (Å²) in [4.78, 5) is 1.13. The molecule has 2 heterocycles. The zero-order valence-electron chi connectivity index (χ0n) is 13.8. The van der Waals surface area contributed by atoms with Crippen LogP contribution in [0.15, 0.2) is 23.1 Å². The van der Waals surface area contributed by atoms with Gasteiger partial charge < -0.3 is 18.8 Å². The molecule has 0 aliphatic carbocycles. The molecule has 2 saturated heterocycles. The predicted octanol–water partition coefficient (Wildman–Crippen LogP) is 2.75. The van der Waals surface area contributed by atoms with Crippen LogP contribution in [-0.4, -0.2) is 37.8 Å². The summed E-state index contributed by atoms with van der Waals surface area (Å²) in [5.41, 5.74) is 1.45. The fraction of sp³-hybridized carbons (Fsp3) is 0.625. The van der Waals surface area contributed by atoms with E-state index >= 15 is 0 Å². The third kappa shape index (κ3) is 2.83. The standard InChI is InChI=1S/C16H23BO4S/c1-15(2)16(3,4)21-17(20-15)12-7-6-11(10-13(12)22-5)14-18-8-9-19-14/h6-7,10,14H,8-9H2,1-5H3. The molecule has 0 bridgehead atoms. The van der Waals surface area contributed by atoms with Gasteiger partial charge >= 0.3 is 7.12 Å². The fourth-order valence-corrected chi connectivity index (χ4v) is 3.24. The van der Waals surface area contributed by atoms with Gasteiger partial charge in [-0.05, 0) is 45.5 Å². The second-order valence-corrected chi connectivity index (χ2v) is 7.51. The zero-order valence-corrected chi connectivity index (χ0v) is 14.7. The molecule has 0 aromatic heterocycles. The number of ether oxygens (including phenoxy) is 2. The zero-order chi connectivity index (χ0) is 16.0. The highest BCUT2D eigenvalue weighted by Gasteiger charge is 2.52. The van der Waals surface area contributed by atoms with E-state index in [4.69, 9.17) is 18.8 Å². The van der Waals surface area contributed by atoms with Crippen molar-refractivity contribution in [3.8, 4) is 0 Å². The summed E-state index contributed by atoms with van der Waals surface area (Å²) in [7, 11) is -0.341. The summed E-state index contributed by atoms with van der Waals surface area (Å²) in [6.45, 7) is 9.58. The van der Waals surface area contributed by atoms with Crippen LogP contribution in [-0.2, 0) is 18.8 Å². The fourth-order valence-electron chi connectivity index (χ4n) is 2.59. The molecule has 3 rings (SSSR count). The van der Waals surface area contributed by atoms with Crippen LogP contribution in [0, 0.1) is 0 Å². The van der Waals surface area contributed by atoms with E-state index in [-0.39, 0.29) is 24.6 Å². The minimum atomic E-state index is -0.341. The van der Waals surface area contributed by atoms with Crippen molar-refractivity contribution in [1.29, 1.82) is 0 Å². The molecule has 1 aromatic rings. The highest BCUT2D eigenvalue weighted by molar-refractivity contribution is 7.98. The lowest BCUT2D eigenvalue weighted by Crippen LogP contribution is -2.41. The van der Waals surface area contributed by atoms with Gasteiger partial charge in [-0.2, -0.15) is 0 Å². The number of benzene rings is 1. The molecule has 0 atom stereocenters. The average Bonchev–Trinajstić information content (AvgIpc) is 3.05. The molecule has 0 radical (unpaired) electrons. The van der Waals surface area contributed by atoms with Crippen molar-refractivity contribution in [3.05, 3.63) is 23.8 Å². The van der Waals surface area contributed by atoms with Gasteiger partial charge in [-0.3, -0.25) is 0 Å². The van der Waals surface area contributed by atoms with Crippen molar-refractivity contribution in [2.75, 3.05) is 19.5 Å². The lowest BCUT2D eigenvalue weighted by atomic mass is 9.78. The number of hydrogen-bond acceptors (Lipinski definition) is 5. The Bertz CT molecular complexity index is 539. The van der Waals surface area contributed by atoms with Gasteiger partial charge in [0.2, 0.25) is 0 Å². The minimum absolute atomic E-state index is 0.252. The first-order valence-electron chi connectivity index (χ1n) is 7.61. The van der Waals surface area contributed by atoms with E-state index in [2.05, 4.69) is 46.1 Å². The van der Waals surface area contributed by atoms with Crippen LogP contribution in [0.4, 0.5) is 0 Å². The summed E-state index contributed by atoms with van der Waals surface area (Å²) in [6, 6.07) is 6.21. The molecule has 120 valence electrons. The average molecular weight is 322 g/mol. The molecule has 2 aliphatic heterocycles. The van der Waals surface area contributed by atoms with Gasteiger partial charge in [0.25, 0.3) is 0 Å². The quantitative estimate of drug-likeness (QED) is 0.632. The lowest BCUT2D eigenvalue weighted by molar-refractivity contribution is -0.0442. The number of rotatable bonds is 3. The summed E-state index contributed by atoms with van der Waals surface area (Å²) >= 11 is 1.68. The molecule has 6 heteroatoms. The Hall–Kier alpha value is -0.525. The van der Waals surface area contributed by atoms with Crippen LogP contribution < -0.4 is 5.46 Å². The monoisotopic (exact) mass is 322 g/mol. The topological polar surface area (TPSA) is 36.9 Å². The Balaban J connectivity index is 1.88. The van der Waals surface area contributed by atoms with Gasteiger partial charge in [-0.15, -0.1) is 11.8 Å². The maximum Gasteiger partial charge on any atom is 0.495 e. The van der Waals surface area contributed by atoms with Crippen molar-refractivity contribution in [3.63, 3.8) is 0 Å². The molecule has 22 heavy (non-hydrogen) atoms. The van der Waals surface area contributed by atoms with Gasteiger partial charge in [-0.1, -0.05) is 12.1 Å². The number of hydrogen-bond donors (Lipinski definition) is 0. The largest absolute Gasteiger partial charge is 0.495 e. The normalized spacial score (nSPS) is 24.1. The SMILES string of the molecule is CSc1cc(C2OCCO2)ccc1B1OC(C)(C)C(C)(C)O1. The van der Waals surface area contributed by atoms with Gasteiger partial charge in [0.1, 0.15) is 0 Å². The Morgan fingerprint density at radius 1 is 1.05 bits per heavy atom. The minimum Gasteiger partial charge on any atom is -0.399 e. The number of thioether (sulfide) groups is 1. The summed E-state index contributed by atoms with van der Waals surface area (Å²) < 4.78 is 23.5. The van der Waals surface area contributed by atoms with E-state index in [1.54, 1.807) is 11.8 Å². The second kappa shape index (κ2) is 5.84. The van der Waals surface area contributed by atoms with E-state index in [0.717, 1.165) is 15.9 Å². The van der Waals surface area contributed by atoms with Crippen molar-refractivity contribution in [2.45, 2.75) is 50.1 Å². The summed E-state index contributed by atoms with van der Waals surface area (Å²) in [6.07, 6.45) is 1.81. The van der Waals surface area contributed by atoms with Gasteiger partial charge in [0, 0.05) is 10.5 Å². The van der Waals surface area contributed by atoms with Crippen LogP contribution in [0.5, 0.6) is 0 Å². The molecule has 1 aromatic carbocycles. The van der Waals surface area contributed by atoms with Crippen LogP contribution in [0.1, 0.15) is 39.5 Å². The Kier molecular flexibility index (Phi) is 4.33. The van der Waals surface area contributed by atoms with Crippen LogP contribution in [0.3, 0.4) is 0 Å². The van der Waals surface area contributed by atoms with Gasteiger partial charge in [-0.25, -0.2) is 0 Å². The van der Waals surface area contributed by atoms with Crippen LogP contribution in [0.25, 0.3) is 0 Å². The molecular weight excluding hydrogens is 299 g/mol. The Morgan fingerprint density at radius 3 is 2.18 bits per heavy atom. The lowest BCUT2D eigenvalue weighted by Gasteiger charge is -2.32. The Morgan fingerprint density at radius 2 is 1.64 bits per heavy atom. The van der Waals surface area contributed by atoms with Crippen LogP contribution in [0.2, 0.25) is 0 Å². The maximum absolute atomic E-state index is 6.16. The van der Waals surface area contributed by atoms with Crippen molar-refractivity contribution in [1.82, 2.24) is 0 Å². The van der Waals surface area contributed by atoms with Crippen molar-refractivity contribution >= 4 is 24.3 Å². The first-order chi connectivity index (χ1) is 10.3. The van der Waals surface area contributed by atoms with E-state index in [1.807, 2.05) is 6.07 Å². The van der Waals surface area contributed by atoms with Crippen molar-refractivity contribution in [2.24, 2.45) is 0 Å². The smallest absolute Gasteiger partial charge is 0.399 e. The van der Waals surface area contributed by atoms with E-state index in [0.29, 0.717) is 13.2 Å². The van der Waals surface area contributed by atoms with Crippen LogP contribution >= 0.6 is 11.8 Å². The molecule has 2 fully saturated rings. The van der Waals surface area contributed by atoms with Gasteiger partial charge in [0.15, 0.2) is 6.29 Å². The summed E-state index contributed by atoms with van der Waals surface area (Å²) in [5.74, 6) is 0. The highest BCUT2D eigenvalue weighted by Crippen LogP contribution is 2.37. The first kappa shape index (κ1) is 16.3. The molecule has 0 unspecified atom stereocenters. The molecule has 0 N–H and O–H groups in total.